The van der Waals surface area contributed by atoms with E-state index in [1.165, 1.54) is 10.7 Å². The molecule has 0 radical (unpaired) electrons. The lowest BCUT2D eigenvalue weighted by molar-refractivity contribution is -0.0551. The quantitative estimate of drug-likeness (QED) is 0.350. The van der Waals surface area contributed by atoms with Crippen molar-refractivity contribution in [3.63, 3.8) is 0 Å². The van der Waals surface area contributed by atoms with Gasteiger partial charge in [0.25, 0.3) is 5.89 Å². The third kappa shape index (κ3) is 4.82. The molecular formula is C27H24FN7O3. The molecule has 0 aliphatic carbocycles. The molecule has 1 N–H and O–H groups in total. The molecule has 6 rings (SSSR count). The summed E-state index contributed by atoms with van der Waals surface area (Å²) in [6.07, 6.45) is 3.13. The number of pyridine rings is 1. The van der Waals surface area contributed by atoms with Gasteiger partial charge in [0.2, 0.25) is 5.82 Å². The molecule has 1 fully saturated rings. The smallest absolute Gasteiger partial charge is 0.281 e. The van der Waals surface area contributed by atoms with Crippen LogP contribution in [0, 0.1) is 5.82 Å². The van der Waals surface area contributed by atoms with Crippen molar-refractivity contribution in [3.8, 4) is 39.9 Å². The summed E-state index contributed by atoms with van der Waals surface area (Å²) in [5.41, 5.74) is 3.72. The first-order valence-electron chi connectivity index (χ1n) is 12.2. The number of hydrogen-bond acceptors (Lipinski definition) is 9. The molecule has 1 saturated heterocycles. The summed E-state index contributed by atoms with van der Waals surface area (Å²) in [7, 11) is 0. The second kappa shape index (κ2) is 10.6. The predicted octanol–water partition coefficient (Wildman–Crippen LogP) is 3.38. The summed E-state index contributed by atoms with van der Waals surface area (Å²) in [5.74, 6) is 0.135. The van der Waals surface area contributed by atoms with E-state index in [-0.39, 0.29) is 24.3 Å². The monoisotopic (exact) mass is 513 g/mol. The third-order valence-corrected chi connectivity index (χ3v) is 6.38. The number of aliphatic hydroxyl groups is 1. The lowest BCUT2D eigenvalue weighted by atomic mass is 10.1. The molecule has 1 aliphatic rings. The summed E-state index contributed by atoms with van der Waals surface area (Å²) in [4.78, 5) is 10.9. The Hall–Kier alpha value is -4.32. The fraction of sp³-hybridized carbons (Fsp3) is 0.222. The van der Waals surface area contributed by atoms with Crippen LogP contribution < -0.4 is 0 Å². The number of nitrogens with zero attached hydrogens (tertiary/aromatic N) is 7. The maximum atomic E-state index is 14.7. The lowest BCUT2D eigenvalue weighted by Gasteiger charge is -2.31. The first kappa shape index (κ1) is 24.0. The summed E-state index contributed by atoms with van der Waals surface area (Å²) in [6.45, 7) is 2.90. The van der Waals surface area contributed by atoms with Crippen LogP contribution >= 0.6 is 0 Å². The van der Waals surface area contributed by atoms with Crippen molar-refractivity contribution < 1.29 is 18.8 Å². The fourth-order valence-electron chi connectivity index (χ4n) is 4.48. The minimum Gasteiger partial charge on any atom is -0.394 e. The zero-order chi connectivity index (χ0) is 25.9. The Morgan fingerprint density at radius 3 is 2.61 bits per heavy atom. The van der Waals surface area contributed by atoms with Crippen molar-refractivity contribution in [1.29, 1.82) is 0 Å². The van der Waals surface area contributed by atoms with Crippen LogP contribution in [0.1, 0.15) is 5.56 Å². The van der Waals surface area contributed by atoms with Crippen LogP contribution in [0.25, 0.3) is 39.9 Å². The molecule has 1 atom stereocenters. The van der Waals surface area contributed by atoms with E-state index >= 15 is 0 Å². The minimum atomic E-state index is -0.436. The molecule has 11 heteroatoms. The van der Waals surface area contributed by atoms with E-state index < -0.39 is 5.82 Å². The van der Waals surface area contributed by atoms with Gasteiger partial charge < -0.3 is 14.4 Å². The molecule has 38 heavy (non-hydrogen) atoms. The van der Waals surface area contributed by atoms with Crippen LogP contribution in [0.4, 0.5) is 4.39 Å². The van der Waals surface area contributed by atoms with Gasteiger partial charge in [-0.2, -0.15) is 4.98 Å². The topological polar surface area (TPSA) is 115 Å². The highest BCUT2D eigenvalue weighted by Crippen LogP contribution is 2.32. The van der Waals surface area contributed by atoms with Gasteiger partial charge in [0.1, 0.15) is 17.2 Å². The lowest BCUT2D eigenvalue weighted by Crippen LogP contribution is -2.43. The molecule has 0 spiro atoms. The second-order valence-corrected chi connectivity index (χ2v) is 8.92. The number of ether oxygens (including phenoxy) is 1. The molecule has 0 amide bonds. The average molecular weight is 514 g/mol. The number of para-hydroxylation sites is 1. The Balaban J connectivity index is 1.29. The molecule has 192 valence electrons. The normalized spacial score (nSPS) is 16.1. The molecule has 1 aliphatic heterocycles. The van der Waals surface area contributed by atoms with Gasteiger partial charge in [0, 0.05) is 43.2 Å². The number of aromatic nitrogens is 6. The summed E-state index contributed by atoms with van der Waals surface area (Å²) < 4.78 is 27.2. The summed E-state index contributed by atoms with van der Waals surface area (Å²) in [6, 6.07) is 17.8. The van der Waals surface area contributed by atoms with Crippen molar-refractivity contribution in [2.24, 2.45) is 0 Å². The van der Waals surface area contributed by atoms with Crippen LogP contribution in [0.15, 0.2) is 77.6 Å². The number of rotatable bonds is 7. The maximum absolute atomic E-state index is 14.7. The number of hydrogen-bond donors (Lipinski definition) is 1. The highest BCUT2D eigenvalue weighted by atomic mass is 19.1. The van der Waals surface area contributed by atoms with E-state index in [1.54, 1.807) is 42.7 Å². The van der Waals surface area contributed by atoms with Gasteiger partial charge in [-0.3, -0.25) is 9.88 Å². The van der Waals surface area contributed by atoms with Gasteiger partial charge >= 0.3 is 0 Å². The van der Waals surface area contributed by atoms with E-state index in [1.807, 2.05) is 24.3 Å². The largest absolute Gasteiger partial charge is 0.394 e. The Kier molecular flexibility index (Phi) is 6.69. The molecule has 3 aromatic heterocycles. The average Bonchev–Trinajstić information content (AvgIpc) is 3.62. The third-order valence-electron chi connectivity index (χ3n) is 6.38. The molecular weight excluding hydrogens is 489 g/mol. The van der Waals surface area contributed by atoms with Gasteiger partial charge in [-0.15, -0.1) is 5.10 Å². The Labute approximate surface area is 217 Å². The zero-order valence-corrected chi connectivity index (χ0v) is 20.3. The maximum Gasteiger partial charge on any atom is 0.281 e. The summed E-state index contributed by atoms with van der Waals surface area (Å²) in [5, 5.41) is 22.0. The number of aliphatic hydroxyl groups excluding tert-OH is 1. The molecule has 10 nitrogen and oxygen atoms in total. The van der Waals surface area contributed by atoms with Crippen molar-refractivity contribution in [1.82, 2.24) is 35.0 Å². The first-order chi connectivity index (χ1) is 18.7. The highest BCUT2D eigenvalue weighted by Gasteiger charge is 2.24. The minimum absolute atomic E-state index is 0.0204. The zero-order valence-electron chi connectivity index (χ0n) is 20.3. The highest BCUT2D eigenvalue weighted by molar-refractivity contribution is 5.76. The van der Waals surface area contributed by atoms with Crippen molar-refractivity contribution in [2.75, 3.05) is 26.3 Å². The van der Waals surface area contributed by atoms with Crippen molar-refractivity contribution in [2.45, 2.75) is 12.6 Å². The van der Waals surface area contributed by atoms with Gasteiger partial charge in [-0.1, -0.05) is 46.8 Å². The molecule has 1 unspecified atom stereocenters. The number of benzene rings is 2. The molecule has 0 bridgehead atoms. The van der Waals surface area contributed by atoms with Crippen LogP contribution in [-0.4, -0.2) is 72.5 Å². The van der Waals surface area contributed by atoms with E-state index in [9.17, 15) is 9.50 Å². The van der Waals surface area contributed by atoms with Crippen LogP contribution in [0.2, 0.25) is 0 Å². The Bertz CT molecular complexity index is 1520. The van der Waals surface area contributed by atoms with E-state index in [2.05, 4.69) is 30.3 Å². The van der Waals surface area contributed by atoms with Crippen LogP contribution in [0.3, 0.4) is 0 Å². The predicted molar refractivity (Wildman–Crippen MR) is 135 cm³/mol. The van der Waals surface area contributed by atoms with E-state index in [4.69, 9.17) is 9.26 Å². The van der Waals surface area contributed by atoms with Gasteiger partial charge in [-0.05, 0) is 29.8 Å². The first-order valence-corrected chi connectivity index (χ1v) is 12.2. The SMILES string of the molecule is OCC1CN(Cc2ccc(-c3noc(-c4nnn(-c5ccccc5F)c4-c4ccncc4)n3)cc2)CCO1. The Morgan fingerprint density at radius 2 is 1.82 bits per heavy atom. The standard InChI is InChI=1S/C27H24FN7O3/c28-22-3-1-2-4-23(22)35-25(19-9-11-29-12-10-19)24(31-33-35)27-30-26(32-38-27)20-7-5-18(6-8-20)15-34-13-14-37-21(16-34)17-36/h1-12,21,36H,13-17H2. The molecule has 5 aromatic rings. The second-order valence-electron chi connectivity index (χ2n) is 8.92. The van der Waals surface area contributed by atoms with E-state index in [0.717, 1.165) is 29.8 Å². The number of halogens is 1. The Morgan fingerprint density at radius 1 is 1.00 bits per heavy atom. The number of morpholine rings is 1. The van der Waals surface area contributed by atoms with Gasteiger partial charge in [0.15, 0.2) is 5.69 Å². The van der Waals surface area contributed by atoms with Crippen molar-refractivity contribution in [3.05, 3.63) is 84.4 Å². The molecule has 0 saturated carbocycles. The van der Waals surface area contributed by atoms with Gasteiger partial charge in [-0.25, -0.2) is 9.07 Å². The molecule has 2 aromatic carbocycles. The van der Waals surface area contributed by atoms with E-state index in [0.29, 0.717) is 30.4 Å². The van der Waals surface area contributed by atoms with Crippen LogP contribution in [0.5, 0.6) is 0 Å². The molecule has 4 heterocycles. The fourth-order valence-corrected chi connectivity index (χ4v) is 4.48. The van der Waals surface area contributed by atoms with Gasteiger partial charge in [0.05, 0.1) is 19.3 Å². The summed E-state index contributed by atoms with van der Waals surface area (Å²) >= 11 is 0. The van der Waals surface area contributed by atoms with Crippen LogP contribution in [-0.2, 0) is 11.3 Å². The van der Waals surface area contributed by atoms with Crippen molar-refractivity contribution >= 4 is 0 Å².